The Labute approximate surface area is 145 Å². The average Bonchev–Trinajstić information content (AvgIpc) is 2.57. The lowest BCUT2D eigenvalue weighted by molar-refractivity contribution is 0.412. The van der Waals surface area contributed by atoms with Gasteiger partial charge in [-0.25, -0.2) is 13.1 Å². The van der Waals surface area contributed by atoms with Gasteiger partial charge in [0.2, 0.25) is 10.0 Å². The molecule has 130 valence electrons. The van der Waals surface area contributed by atoms with E-state index in [4.69, 9.17) is 5.73 Å². The van der Waals surface area contributed by atoms with Gasteiger partial charge in [-0.2, -0.15) is 0 Å². The Balaban J connectivity index is 0.000000249. The lowest BCUT2D eigenvalue weighted by Gasteiger charge is -2.22. The van der Waals surface area contributed by atoms with Gasteiger partial charge in [0.1, 0.15) is 0 Å². The van der Waals surface area contributed by atoms with E-state index in [0.717, 1.165) is 25.7 Å². The SMILES string of the molecule is Cc1ccccc1.Nc1ccc(S(=O)(=O)NC2CCCCC2)cc1. The first-order valence-electron chi connectivity index (χ1n) is 8.37. The van der Waals surface area contributed by atoms with Gasteiger partial charge in [-0.15, -0.1) is 0 Å². The van der Waals surface area contributed by atoms with Crippen LogP contribution in [0.3, 0.4) is 0 Å². The summed E-state index contributed by atoms with van der Waals surface area (Å²) in [5.41, 5.74) is 7.43. The zero-order chi connectivity index (χ0) is 17.4. The summed E-state index contributed by atoms with van der Waals surface area (Å²) in [4.78, 5) is 0.289. The highest BCUT2D eigenvalue weighted by molar-refractivity contribution is 7.89. The van der Waals surface area contributed by atoms with E-state index in [1.54, 1.807) is 24.3 Å². The van der Waals surface area contributed by atoms with Crippen molar-refractivity contribution in [2.45, 2.75) is 50.0 Å². The summed E-state index contributed by atoms with van der Waals surface area (Å²) >= 11 is 0. The predicted octanol–water partition coefficient (Wildman–Crippen LogP) is 3.87. The molecule has 0 aliphatic heterocycles. The largest absolute Gasteiger partial charge is 0.399 e. The molecule has 5 heteroatoms. The highest BCUT2D eigenvalue weighted by Crippen LogP contribution is 2.20. The molecule has 0 aromatic heterocycles. The van der Waals surface area contributed by atoms with Gasteiger partial charge >= 0.3 is 0 Å². The van der Waals surface area contributed by atoms with Gasteiger partial charge in [-0.1, -0.05) is 55.2 Å². The lowest BCUT2D eigenvalue weighted by Crippen LogP contribution is -2.36. The fourth-order valence-electron chi connectivity index (χ4n) is 2.69. The molecule has 1 aliphatic rings. The second kappa shape index (κ2) is 8.85. The summed E-state index contributed by atoms with van der Waals surface area (Å²) in [7, 11) is -3.38. The molecule has 2 aromatic rings. The van der Waals surface area contributed by atoms with Crippen molar-refractivity contribution in [2.75, 3.05) is 5.73 Å². The number of hydrogen-bond donors (Lipinski definition) is 2. The number of hydrogen-bond acceptors (Lipinski definition) is 3. The molecular weight excluding hydrogens is 320 g/mol. The molecule has 3 N–H and O–H groups in total. The molecule has 0 bridgehead atoms. The first-order valence-corrected chi connectivity index (χ1v) is 9.85. The zero-order valence-electron chi connectivity index (χ0n) is 14.1. The molecule has 0 saturated heterocycles. The normalized spacial score (nSPS) is 15.4. The Morgan fingerprint density at radius 2 is 1.50 bits per heavy atom. The third-order valence-electron chi connectivity index (χ3n) is 4.06. The van der Waals surface area contributed by atoms with Gasteiger partial charge in [0.25, 0.3) is 0 Å². The van der Waals surface area contributed by atoms with E-state index in [-0.39, 0.29) is 10.9 Å². The maximum atomic E-state index is 12.1. The van der Waals surface area contributed by atoms with Gasteiger partial charge in [0.15, 0.2) is 0 Å². The summed E-state index contributed by atoms with van der Waals surface area (Å²) in [5, 5.41) is 0. The number of sulfonamides is 1. The van der Waals surface area contributed by atoms with Crippen molar-refractivity contribution in [1.82, 2.24) is 4.72 Å². The van der Waals surface area contributed by atoms with Crippen LogP contribution >= 0.6 is 0 Å². The number of nitrogens with one attached hydrogen (secondary N) is 1. The molecule has 1 aliphatic carbocycles. The molecule has 0 spiro atoms. The maximum absolute atomic E-state index is 12.1. The van der Waals surface area contributed by atoms with Crippen molar-refractivity contribution in [3.05, 3.63) is 60.2 Å². The number of rotatable bonds is 3. The Morgan fingerprint density at radius 1 is 0.917 bits per heavy atom. The summed E-state index contributed by atoms with van der Waals surface area (Å²) in [6.07, 6.45) is 5.30. The van der Waals surface area contributed by atoms with E-state index in [0.29, 0.717) is 5.69 Å². The van der Waals surface area contributed by atoms with Crippen LogP contribution in [0.25, 0.3) is 0 Å². The number of nitrogens with two attached hydrogens (primary N) is 1. The van der Waals surface area contributed by atoms with Crippen molar-refractivity contribution in [3.8, 4) is 0 Å². The summed E-state index contributed by atoms with van der Waals surface area (Å²) in [6.45, 7) is 2.08. The smallest absolute Gasteiger partial charge is 0.240 e. The van der Waals surface area contributed by atoms with E-state index < -0.39 is 10.0 Å². The van der Waals surface area contributed by atoms with Crippen LogP contribution in [0.15, 0.2) is 59.5 Å². The quantitative estimate of drug-likeness (QED) is 0.829. The molecule has 0 amide bonds. The summed E-state index contributed by atoms with van der Waals surface area (Å²) < 4.78 is 26.9. The lowest BCUT2D eigenvalue weighted by atomic mass is 9.96. The number of benzene rings is 2. The molecule has 24 heavy (non-hydrogen) atoms. The second-order valence-corrected chi connectivity index (χ2v) is 7.89. The van der Waals surface area contributed by atoms with Crippen LogP contribution in [0.2, 0.25) is 0 Å². The van der Waals surface area contributed by atoms with Gasteiger partial charge in [0, 0.05) is 11.7 Å². The van der Waals surface area contributed by atoms with Crippen molar-refractivity contribution < 1.29 is 8.42 Å². The van der Waals surface area contributed by atoms with Gasteiger partial charge in [-0.05, 0) is 44.0 Å². The fraction of sp³-hybridized carbons (Fsp3) is 0.368. The standard InChI is InChI=1S/C12H18N2O2S.C7H8/c13-10-6-8-12(9-7-10)17(15,16)14-11-4-2-1-3-5-11;1-7-5-3-2-4-6-7/h6-9,11,14H,1-5,13H2;2-6H,1H3. The first-order chi connectivity index (χ1) is 11.5. The number of anilines is 1. The van der Waals surface area contributed by atoms with Crippen LogP contribution in [0.5, 0.6) is 0 Å². The molecule has 0 unspecified atom stereocenters. The highest BCUT2D eigenvalue weighted by atomic mass is 32.2. The first kappa shape index (κ1) is 18.5. The summed E-state index contributed by atoms with van der Waals surface area (Å²) in [6, 6.07) is 16.6. The van der Waals surface area contributed by atoms with Crippen LogP contribution in [0.4, 0.5) is 5.69 Å². The minimum atomic E-state index is -3.38. The van der Waals surface area contributed by atoms with Crippen LogP contribution in [0, 0.1) is 6.92 Å². The van der Waals surface area contributed by atoms with Crippen LogP contribution in [0.1, 0.15) is 37.7 Å². The van der Waals surface area contributed by atoms with Gasteiger partial charge in [0.05, 0.1) is 4.90 Å². The van der Waals surface area contributed by atoms with E-state index in [9.17, 15) is 8.42 Å². The average molecular weight is 346 g/mol. The van der Waals surface area contributed by atoms with Gasteiger partial charge in [-0.3, -0.25) is 0 Å². The fourth-order valence-corrected chi connectivity index (χ4v) is 3.99. The Bertz CT molecular complexity index is 707. The minimum Gasteiger partial charge on any atom is -0.399 e. The van der Waals surface area contributed by atoms with Crippen LogP contribution in [-0.4, -0.2) is 14.5 Å². The number of nitrogen functional groups attached to an aromatic ring is 1. The number of aryl methyl sites for hydroxylation is 1. The molecule has 1 saturated carbocycles. The molecule has 0 atom stereocenters. The molecule has 0 radical (unpaired) electrons. The van der Waals surface area contributed by atoms with Crippen molar-refractivity contribution in [1.29, 1.82) is 0 Å². The van der Waals surface area contributed by atoms with Crippen molar-refractivity contribution in [2.24, 2.45) is 0 Å². The highest BCUT2D eigenvalue weighted by Gasteiger charge is 2.21. The van der Waals surface area contributed by atoms with Crippen molar-refractivity contribution in [3.63, 3.8) is 0 Å². The van der Waals surface area contributed by atoms with E-state index >= 15 is 0 Å². The van der Waals surface area contributed by atoms with Crippen LogP contribution in [-0.2, 0) is 10.0 Å². The Hall–Kier alpha value is -1.85. The van der Waals surface area contributed by atoms with Crippen LogP contribution < -0.4 is 10.5 Å². The Morgan fingerprint density at radius 3 is 2.00 bits per heavy atom. The van der Waals surface area contributed by atoms with Crippen molar-refractivity contribution >= 4 is 15.7 Å². The molecule has 2 aromatic carbocycles. The topological polar surface area (TPSA) is 72.2 Å². The molecular formula is C19H26N2O2S. The zero-order valence-corrected chi connectivity index (χ0v) is 14.9. The molecule has 3 rings (SSSR count). The van der Waals surface area contributed by atoms with E-state index in [1.807, 2.05) is 18.2 Å². The minimum absolute atomic E-state index is 0.0892. The third-order valence-corrected chi connectivity index (χ3v) is 5.59. The van der Waals surface area contributed by atoms with E-state index in [2.05, 4.69) is 23.8 Å². The third kappa shape index (κ3) is 5.98. The Kier molecular flexibility index (Phi) is 6.82. The molecule has 0 heterocycles. The summed E-state index contributed by atoms with van der Waals surface area (Å²) in [5.74, 6) is 0. The molecule has 1 fully saturated rings. The second-order valence-electron chi connectivity index (χ2n) is 6.18. The monoisotopic (exact) mass is 346 g/mol. The van der Waals surface area contributed by atoms with Gasteiger partial charge < -0.3 is 5.73 Å². The maximum Gasteiger partial charge on any atom is 0.240 e. The predicted molar refractivity (Wildman–Crippen MR) is 99.2 cm³/mol. The molecule has 4 nitrogen and oxygen atoms in total. The van der Waals surface area contributed by atoms with E-state index in [1.165, 1.54) is 12.0 Å².